The maximum atomic E-state index is 11.6. The van der Waals surface area contributed by atoms with Crippen molar-refractivity contribution in [2.45, 2.75) is 26.2 Å². The Hall–Kier alpha value is -1.85. The van der Waals surface area contributed by atoms with Crippen molar-refractivity contribution in [1.29, 1.82) is 0 Å². The monoisotopic (exact) mass is 222 g/mol. The molecular formula is C10H14N4O2. The van der Waals surface area contributed by atoms with Gasteiger partial charge in [-0.15, -0.1) is 0 Å². The van der Waals surface area contributed by atoms with E-state index >= 15 is 0 Å². The second-order valence-corrected chi connectivity index (χ2v) is 4.85. The molecule has 0 aliphatic rings. The van der Waals surface area contributed by atoms with Gasteiger partial charge in [0.2, 0.25) is 0 Å². The van der Waals surface area contributed by atoms with Crippen molar-refractivity contribution >= 4 is 11.2 Å². The standard InChI is InChI=1S/C10H14N4O2/c1-10(2,3)8-11-5-6(12-8)14(4)9(16)13-7(5)15/h1-4H3,(H,11,12)(H,13,15,16). The summed E-state index contributed by atoms with van der Waals surface area (Å²) in [5, 5.41) is 0. The average molecular weight is 222 g/mol. The number of hydrogen-bond donors (Lipinski definition) is 2. The smallest absolute Gasteiger partial charge is 0.329 e. The Labute approximate surface area is 91.3 Å². The molecule has 0 saturated heterocycles. The summed E-state index contributed by atoms with van der Waals surface area (Å²) in [6.45, 7) is 5.95. The molecule has 2 rings (SSSR count). The molecule has 0 fully saturated rings. The van der Waals surface area contributed by atoms with Gasteiger partial charge in [0.15, 0.2) is 5.65 Å². The number of fused-ring (bicyclic) bond motifs is 1. The van der Waals surface area contributed by atoms with E-state index in [2.05, 4.69) is 15.0 Å². The van der Waals surface area contributed by atoms with E-state index < -0.39 is 11.2 Å². The number of H-pyrrole nitrogens is 2. The second kappa shape index (κ2) is 3.07. The third-order valence-corrected chi connectivity index (χ3v) is 2.46. The van der Waals surface area contributed by atoms with Crippen molar-refractivity contribution in [3.05, 3.63) is 26.7 Å². The number of imidazole rings is 1. The first-order chi connectivity index (χ1) is 7.30. The zero-order chi connectivity index (χ0) is 12.1. The molecule has 2 N–H and O–H groups in total. The molecule has 0 spiro atoms. The Kier molecular flexibility index (Phi) is 2.04. The van der Waals surface area contributed by atoms with E-state index in [1.807, 2.05) is 20.8 Å². The van der Waals surface area contributed by atoms with Crippen LogP contribution in [0.3, 0.4) is 0 Å². The Morgan fingerprint density at radius 3 is 2.38 bits per heavy atom. The summed E-state index contributed by atoms with van der Waals surface area (Å²) in [6, 6.07) is 0. The second-order valence-electron chi connectivity index (χ2n) is 4.85. The van der Waals surface area contributed by atoms with Crippen LogP contribution >= 0.6 is 0 Å². The van der Waals surface area contributed by atoms with Crippen LogP contribution in [-0.2, 0) is 12.5 Å². The van der Waals surface area contributed by atoms with Crippen molar-refractivity contribution < 1.29 is 0 Å². The molecule has 0 aliphatic heterocycles. The lowest BCUT2D eigenvalue weighted by Crippen LogP contribution is -2.28. The predicted molar refractivity (Wildman–Crippen MR) is 60.7 cm³/mol. The largest absolute Gasteiger partial charge is 0.336 e. The molecule has 86 valence electrons. The SMILES string of the molecule is Cn1c(=O)[nH]c(=O)c2[nH]c(C(C)(C)C)nc21. The quantitative estimate of drug-likeness (QED) is 0.670. The molecule has 6 nitrogen and oxygen atoms in total. The highest BCUT2D eigenvalue weighted by Gasteiger charge is 2.20. The van der Waals surface area contributed by atoms with Crippen LogP contribution in [0.4, 0.5) is 0 Å². The number of aromatic nitrogens is 4. The van der Waals surface area contributed by atoms with E-state index in [1.54, 1.807) is 7.05 Å². The van der Waals surface area contributed by atoms with Gasteiger partial charge in [-0.05, 0) is 0 Å². The lowest BCUT2D eigenvalue weighted by atomic mass is 9.96. The Morgan fingerprint density at radius 1 is 1.19 bits per heavy atom. The van der Waals surface area contributed by atoms with E-state index in [1.165, 1.54) is 4.57 Å². The summed E-state index contributed by atoms with van der Waals surface area (Å²) in [4.78, 5) is 32.4. The van der Waals surface area contributed by atoms with Gasteiger partial charge < -0.3 is 4.98 Å². The molecular weight excluding hydrogens is 208 g/mol. The highest BCUT2D eigenvalue weighted by atomic mass is 16.2. The van der Waals surface area contributed by atoms with Crippen LogP contribution in [0.2, 0.25) is 0 Å². The Balaban J connectivity index is 2.91. The van der Waals surface area contributed by atoms with Crippen LogP contribution in [0.25, 0.3) is 11.2 Å². The molecule has 0 bridgehead atoms. The van der Waals surface area contributed by atoms with Gasteiger partial charge in [-0.2, -0.15) is 0 Å². The van der Waals surface area contributed by atoms with Crippen molar-refractivity contribution in [3.63, 3.8) is 0 Å². The summed E-state index contributed by atoms with van der Waals surface area (Å²) in [5.74, 6) is 0.689. The normalized spacial score (nSPS) is 12.2. The third kappa shape index (κ3) is 1.46. The number of hydrogen-bond acceptors (Lipinski definition) is 3. The van der Waals surface area contributed by atoms with Gasteiger partial charge in [-0.25, -0.2) is 9.78 Å². The van der Waals surface area contributed by atoms with E-state index in [0.717, 1.165) is 0 Å². The van der Waals surface area contributed by atoms with Crippen LogP contribution in [0.15, 0.2) is 9.59 Å². The molecule has 0 radical (unpaired) electrons. The fraction of sp³-hybridized carbons (Fsp3) is 0.500. The molecule has 2 aromatic heterocycles. The summed E-state index contributed by atoms with van der Waals surface area (Å²) < 4.78 is 1.32. The highest BCUT2D eigenvalue weighted by molar-refractivity contribution is 5.69. The maximum absolute atomic E-state index is 11.6. The topological polar surface area (TPSA) is 83.5 Å². The summed E-state index contributed by atoms with van der Waals surface area (Å²) in [5.41, 5.74) is -0.349. The van der Waals surface area contributed by atoms with E-state index in [-0.39, 0.29) is 5.41 Å². The van der Waals surface area contributed by atoms with Gasteiger partial charge in [-0.3, -0.25) is 14.3 Å². The minimum absolute atomic E-state index is 0.193. The molecule has 0 atom stereocenters. The number of aromatic amines is 2. The first-order valence-corrected chi connectivity index (χ1v) is 5.00. The third-order valence-electron chi connectivity index (χ3n) is 2.46. The molecule has 6 heteroatoms. The van der Waals surface area contributed by atoms with Crippen molar-refractivity contribution in [3.8, 4) is 0 Å². The van der Waals surface area contributed by atoms with E-state index in [4.69, 9.17) is 0 Å². The first-order valence-electron chi connectivity index (χ1n) is 5.00. The highest BCUT2D eigenvalue weighted by Crippen LogP contribution is 2.19. The fourth-order valence-electron chi connectivity index (χ4n) is 1.46. The molecule has 0 saturated carbocycles. The van der Waals surface area contributed by atoms with Crippen LogP contribution in [0.1, 0.15) is 26.6 Å². The zero-order valence-corrected chi connectivity index (χ0v) is 9.71. The molecule has 16 heavy (non-hydrogen) atoms. The summed E-state index contributed by atoms with van der Waals surface area (Å²) in [6.07, 6.45) is 0. The lowest BCUT2D eigenvalue weighted by Gasteiger charge is -2.13. The van der Waals surface area contributed by atoms with Crippen molar-refractivity contribution in [2.75, 3.05) is 0 Å². The van der Waals surface area contributed by atoms with Crippen LogP contribution in [-0.4, -0.2) is 19.5 Å². The fourth-order valence-corrected chi connectivity index (χ4v) is 1.46. The predicted octanol–water partition coefficient (Wildman–Crippen LogP) is 0.247. The van der Waals surface area contributed by atoms with Gasteiger partial charge in [0.1, 0.15) is 11.3 Å². The molecule has 0 amide bonds. The Morgan fingerprint density at radius 2 is 1.81 bits per heavy atom. The molecule has 0 aliphatic carbocycles. The number of rotatable bonds is 0. The van der Waals surface area contributed by atoms with Crippen LogP contribution in [0.5, 0.6) is 0 Å². The number of aryl methyl sites for hydroxylation is 1. The van der Waals surface area contributed by atoms with Gasteiger partial charge in [0.05, 0.1) is 0 Å². The van der Waals surface area contributed by atoms with Crippen molar-refractivity contribution in [1.82, 2.24) is 19.5 Å². The first kappa shape index (κ1) is 10.7. The molecule has 0 unspecified atom stereocenters. The lowest BCUT2D eigenvalue weighted by molar-refractivity contribution is 0.554. The minimum atomic E-state index is -0.454. The van der Waals surface area contributed by atoms with Crippen LogP contribution in [0, 0.1) is 0 Å². The Bertz CT molecular complexity index is 654. The minimum Gasteiger partial charge on any atom is -0.336 e. The summed E-state index contributed by atoms with van der Waals surface area (Å²) in [7, 11) is 1.58. The maximum Gasteiger partial charge on any atom is 0.329 e. The molecule has 0 aromatic carbocycles. The van der Waals surface area contributed by atoms with Crippen LogP contribution < -0.4 is 11.2 Å². The zero-order valence-electron chi connectivity index (χ0n) is 9.71. The molecule has 2 heterocycles. The van der Waals surface area contributed by atoms with E-state index in [9.17, 15) is 9.59 Å². The van der Waals surface area contributed by atoms with Gasteiger partial charge >= 0.3 is 5.69 Å². The molecule has 2 aromatic rings. The van der Waals surface area contributed by atoms with E-state index in [0.29, 0.717) is 17.0 Å². The summed E-state index contributed by atoms with van der Waals surface area (Å²) >= 11 is 0. The number of nitrogens with one attached hydrogen (secondary N) is 2. The number of nitrogens with zero attached hydrogens (tertiary/aromatic N) is 2. The van der Waals surface area contributed by atoms with Gasteiger partial charge in [-0.1, -0.05) is 20.8 Å². The van der Waals surface area contributed by atoms with Crippen molar-refractivity contribution in [2.24, 2.45) is 7.05 Å². The average Bonchev–Trinajstić information content (AvgIpc) is 2.58. The van der Waals surface area contributed by atoms with Gasteiger partial charge in [0.25, 0.3) is 5.56 Å². The van der Waals surface area contributed by atoms with Gasteiger partial charge in [0, 0.05) is 12.5 Å².